The van der Waals surface area contributed by atoms with Crippen LogP contribution in [-0.2, 0) is 14.4 Å². The summed E-state index contributed by atoms with van der Waals surface area (Å²) in [6, 6.07) is 0. The molecule has 74 valence electrons. The van der Waals surface area contributed by atoms with Crippen molar-refractivity contribution < 1.29 is 34.8 Å². The summed E-state index contributed by atoms with van der Waals surface area (Å²) in [6.45, 7) is 0. The molecule has 0 heterocycles. The number of aliphatic carboxylic acids is 3. The molecule has 0 spiro atoms. The predicted octanol–water partition coefficient (Wildman–Crippen LogP) is -4.44. The van der Waals surface area contributed by atoms with Crippen LogP contribution in [0.15, 0.2) is 0 Å². The minimum atomic E-state index is -2.37. The molecule has 0 aliphatic carbocycles. The van der Waals surface area contributed by atoms with Gasteiger partial charge in [-0.3, -0.25) is 4.79 Å². The summed E-state index contributed by atoms with van der Waals surface area (Å²) in [7, 11) is 0. The van der Waals surface area contributed by atoms with Crippen LogP contribution in [0.2, 0.25) is 0 Å². The van der Waals surface area contributed by atoms with E-state index in [1.54, 1.807) is 0 Å². The van der Waals surface area contributed by atoms with Gasteiger partial charge in [0.1, 0.15) is 6.10 Å². The fourth-order valence-electron chi connectivity index (χ4n) is 0.676. The summed E-state index contributed by atoms with van der Waals surface area (Å²) in [4.78, 5) is 30.2. The first-order chi connectivity index (χ1) is 5.86. The van der Waals surface area contributed by atoms with Crippen molar-refractivity contribution in [3.05, 3.63) is 0 Å². The van der Waals surface area contributed by atoms with Crippen LogP contribution in [0.4, 0.5) is 0 Å². The van der Waals surface area contributed by atoms with Crippen molar-refractivity contribution in [3.63, 3.8) is 0 Å². The Labute approximate surface area is 94.5 Å². The summed E-state index contributed by atoms with van der Waals surface area (Å²) >= 11 is 0. The maximum Gasteiger partial charge on any atom is 2.00 e. The third kappa shape index (κ3) is 4.99. The van der Waals surface area contributed by atoms with Crippen LogP contribution in [0.3, 0.4) is 0 Å². The fourth-order valence-corrected chi connectivity index (χ4v) is 0.676. The second-order valence-electron chi connectivity index (χ2n) is 2.29. The van der Waals surface area contributed by atoms with Gasteiger partial charge < -0.3 is 30.0 Å². The van der Waals surface area contributed by atoms with Gasteiger partial charge in [0.25, 0.3) is 0 Å². The fraction of sp³-hybridized carbons (Fsp3) is 0.500. The van der Waals surface area contributed by atoms with Crippen molar-refractivity contribution in [2.24, 2.45) is 5.92 Å². The van der Waals surface area contributed by atoms with Crippen LogP contribution in [0.25, 0.3) is 0 Å². The zero-order valence-corrected chi connectivity index (χ0v) is 8.42. The number of aliphatic hydroxyl groups is 1. The standard InChI is InChI=1S/C6H8O7.Mg/c7-3(8)1-2(5(10)11)4(9)6(12)13;/h2,4,9H,1H2,(H,7,8)(H,10,11)(H,12,13);/q;+2/p-2. The minimum absolute atomic E-state index is 0. The van der Waals surface area contributed by atoms with Crippen molar-refractivity contribution in [3.8, 4) is 0 Å². The molecule has 0 aliphatic rings. The molecule has 0 aromatic rings. The van der Waals surface area contributed by atoms with E-state index >= 15 is 0 Å². The van der Waals surface area contributed by atoms with E-state index in [0.717, 1.165) is 0 Å². The van der Waals surface area contributed by atoms with Crippen molar-refractivity contribution in [2.45, 2.75) is 12.5 Å². The zero-order valence-electron chi connectivity index (χ0n) is 7.00. The molecule has 0 aromatic carbocycles. The SMILES string of the molecule is O=C(O)CC(C(=O)[O-])C(O)C(=O)[O-].[Mg+2]. The second-order valence-corrected chi connectivity index (χ2v) is 2.29. The Morgan fingerprint density at radius 2 is 1.57 bits per heavy atom. The number of carboxylic acids is 3. The molecule has 0 aliphatic heterocycles. The molecule has 2 atom stereocenters. The van der Waals surface area contributed by atoms with Crippen LogP contribution in [-0.4, -0.2) is 57.3 Å². The molecule has 0 radical (unpaired) electrons. The molecule has 2 unspecified atom stereocenters. The number of carbonyl (C=O) groups excluding carboxylic acids is 2. The van der Waals surface area contributed by atoms with E-state index in [0.29, 0.717) is 0 Å². The largest absolute Gasteiger partial charge is 2.00 e. The molecule has 7 nitrogen and oxygen atoms in total. The maximum absolute atomic E-state index is 10.2. The summed E-state index contributed by atoms with van der Waals surface area (Å²) in [5.74, 6) is -7.54. The topological polar surface area (TPSA) is 138 Å². The van der Waals surface area contributed by atoms with Crippen molar-refractivity contribution in [1.82, 2.24) is 0 Å². The number of hydrogen-bond acceptors (Lipinski definition) is 6. The van der Waals surface area contributed by atoms with E-state index in [1.807, 2.05) is 0 Å². The van der Waals surface area contributed by atoms with E-state index in [4.69, 9.17) is 10.2 Å². The summed E-state index contributed by atoms with van der Waals surface area (Å²) < 4.78 is 0. The minimum Gasteiger partial charge on any atom is -0.550 e. The number of carboxylic acid groups (broad SMARTS) is 3. The van der Waals surface area contributed by atoms with Gasteiger partial charge in [0.15, 0.2) is 0 Å². The first kappa shape index (κ1) is 15.6. The Morgan fingerprint density at radius 1 is 1.14 bits per heavy atom. The maximum atomic E-state index is 10.2. The quantitative estimate of drug-likeness (QED) is 0.440. The first-order valence-corrected chi connectivity index (χ1v) is 3.17. The average molecular weight is 214 g/mol. The second kappa shape index (κ2) is 6.57. The zero-order chi connectivity index (χ0) is 10.6. The Bertz CT molecular complexity index is 238. The molecule has 0 saturated heterocycles. The molecule has 8 heteroatoms. The molecule has 14 heavy (non-hydrogen) atoms. The van der Waals surface area contributed by atoms with Crippen LogP contribution in [0.5, 0.6) is 0 Å². The number of hydrogen-bond donors (Lipinski definition) is 2. The summed E-state index contributed by atoms with van der Waals surface area (Å²) in [6.07, 6.45) is -3.40. The van der Waals surface area contributed by atoms with Crippen LogP contribution in [0.1, 0.15) is 6.42 Å². The molecular formula is C6H6MgO7. The van der Waals surface area contributed by atoms with Gasteiger partial charge in [0.05, 0.1) is 12.4 Å². The molecule has 0 amide bonds. The van der Waals surface area contributed by atoms with E-state index in [9.17, 15) is 24.6 Å². The van der Waals surface area contributed by atoms with Gasteiger partial charge in [0.2, 0.25) is 0 Å². The van der Waals surface area contributed by atoms with Crippen molar-refractivity contribution in [1.29, 1.82) is 0 Å². The van der Waals surface area contributed by atoms with E-state index < -0.39 is 36.4 Å². The Morgan fingerprint density at radius 3 is 1.79 bits per heavy atom. The van der Waals surface area contributed by atoms with Gasteiger partial charge in [0, 0.05) is 11.9 Å². The van der Waals surface area contributed by atoms with E-state index in [-0.39, 0.29) is 23.1 Å². The predicted molar refractivity (Wildman–Crippen MR) is 37.5 cm³/mol. The third-order valence-corrected chi connectivity index (χ3v) is 1.32. The smallest absolute Gasteiger partial charge is 0.550 e. The van der Waals surface area contributed by atoms with Gasteiger partial charge in [-0.15, -0.1) is 0 Å². The van der Waals surface area contributed by atoms with Gasteiger partial charge in [-0.2, -0.15) is 0 Å². The summed E-state index contributed by atoms with van der Waals surface area (Å²) in [5.41, 5.74) is 0. The molecular weight excluding hydrogens is 208 g/mol. The number of aliphatic hydroxyl groups excluding tert-OH is 1. The van der Waals surface area contributed by atoms with E-state index in [1.165, 1.54) is 0 Å². The third-order valence-electron chi connectivity index (χ3n) is 1.32. The van der Waals surface area contributed by atoms with Gasteiger partial charge in [-0.1, -0.05) is 0 Å². The average Bonchev–Trinajstić information content (AvgIpc) is 1.97. The molecule has 0 aromatic heterocycles. The number of carbonyl (C=O) groups is 3. The van der Waals surface area contributed by atoms with Crippen LogP contribution >= 0.6 is 0 Å². The molecule has 2 N–H and O–H groups in total. The van der Waals surface area contributed by atoms with Gasteiger partial charge in [-0.25, -0.2) is 0 Å². The Balaban J connectivity index is 0. The van der Waals surface area contributed by atoms with Crippen LogP contribution < -0.4 is 10.2 Å². The van der Waals surface area contributed by atoms with E-state index in [2.05, 4.69) is 0 Å². The monoisotopic (exact) mass is 214 g/mol. The van der Waals surface area contributed by atoms with Crippen LogP contribution in [0, 0.1) is 5.92 Å². The van der Waals surface area contributed by atoms with Gasteiger partial charge in [-0.05, 0) is 0 Å². The normalized spacial score (nSPS) is 13.5. The summed E-state index contributed by atoms with van der Waals surface area (Å²) in [5, 5.41) is 36.9. The first-order valence-electron chi connectivity index (χ1n) is 3.17. The molecule has 0 rings (SSSR count). The Hall–Kier alpha value is -0.864. The van der Waals surface area contributed by atoms with Crippen molar-refractivity contribution >= 4 is 41.0 Å². The molecule has 0 fully saturated rings. The Kier molecular flexibility index (Phi) is 7.32. The molecule has 0 saturated carbocycles. The number of rotatable bonds is 5. The van der Waals surface area contributed by atoms with Gasteiger partial charge >= 0.3 is 29.0 Å². The van der Waals surface area contributed by atoms with Crippen molar-refractivity contribution in [2.75, 3.05) is 0 Å². The molecule has 0 bridgehead atoms.